The maximum absolute atomic E-state index is 12.3. The predicted molar refractivity (Wildman–Crippen MR) is 65.9 cm³/mol. The lowest BCUT2D eigenvalue weighted by atomic mass is 10.0. The van der Waals surface area contributed by atoms with E-state index in [0.717, 1.165) is 19.4 Å². The van der Waals surface area contributed by atoms with Crippen molar-refractivity contribution in [3.8, 4) is 0 Å². The molecule has 4 nitrogen and oxygen atoms in total. The van der Waals surface area contributed by atoms with Crippen molar-refractivity contribution in [2.24, 2.45) is 5.92 Å². The van der Waals surface area contributed by atoms with Crippen LogP contribution in [0.5, 0.6) is 0 Å². The van der Waals surface area contributed by atoms with Gasteiger partial charge in [-0.2, -0.15) is 0 Å². The smallest absolute Gasteiger partial charge is 0.274 e. The zero-order valence-corrected chi connectivity index (χ0v) is 10.8. The van der Waals surface area contributed by atoms with E-state index in [9.17, 15) is 4.79 Å². The molecule has 92 valence electrons. The minimum Gasteiger partial charge on any atom is -0.334 e. The number of hydrogen-bond donors (Lipinski definition) is 0. The standard InChI is InChI=1S/C12H16ClN3O/c1-8(2)10-4-3-5-16(10)12(17)9-6-14-7-11(13)15-9/h6-8,10H,3-5H2,1-2H3. The molecule has 5 heteroatoms. The third-order valence-electron chi connectivity index (χ3n) is 3.15. The summed E-state index contributed by atoms with van der Waals surface area (Å²) < 4.78 is 0. The van der Waals surface area contributed by atoms with E-state index in [1.165, 1.54) is 12.4 Å². The maximum Gasteiger partial charge on any atom is 0.274 e. The fourth-order valence-corrected chi connectivity index (χ4v) is 2.48. The minimum atomic E-state index is -0.0591. The van der Waals surface area contributed by atoms with Crippen LogP contribution >= 0.6 is 11.6 Å². The first-order valence-corrected chi connectivity index (χ1v) is 6.26. The van der Waals surface area contributed by atoms with E-state index in [2.05, 4.69) is 23.8 Å². The Kier molecular flexibility index (Phi) is 3.62. The van der Waals surface area contributed by atoms with Crippen LogP contribution in [0, 0.1) is 5.92 Å². The molecule has 1 atom stereocenters. The molecular weight excluding hydrogens is 238 g/mol. The Morgan fingerprint density at radius 1 is 1.53 bits per heavy atom. The molecule has 0 radical (unpaired) electrons. The summed E-state index contributed by atoms with van der Waals surface area (Å²) in [5.41, 5.74) is 0.338. The van der Waals surface area contributed by atoms with Crippen LogP contribution in [0.4, 0.5) is 0 Å². The molecule has 2 heterocycles. The summed E-state index contributed by atoms with van der Waals surface area (Å²) in [6, 6.07) is 0.309. The van der Waals surface area contributed by atoms with Gasteiger partial charge in [-0.05, 0) is 18.8 Å². The number of carbonyl (C=O) groups is 1. The summed E-state index contributed by atoms with van der Waals surface area (Å²) in [4.78, 5) is 22.1. The molecule has 1 aliphatic heterocycles. The first-order valence-electron chi connectivity index (χ1n) is 5.88. The summed E-state index contributed by atoms with van der Waals surface area (Å²) in [7, 11) is 0. The van der Waals surface area contributed by atoms with Gasteiger partial charge in [-0.3, -0.25) is 9.78 Å². The summed E-state index contributed by atoms with van der Waals surface area (Å²) in [6.07, 6.45) is 5.03. The molecule has 1 amide bonds. The highest BCUT2D eigenvalue weighted by Crippen LogP contribution is 2.25. The van der Waals surface area contributed by atoms with Gasteiger partial charge in [0, 0.05) is 12.6 Å². The molecule has 17 heavy (non-hydrogen) atoms. The molecule has 0 saturated carbocycles. The zero-order valence-electron chi connectivity index (χ0n) is 10.1. The highest BCUT2D eigenvalue weighted by atomic mass is 35.5. The molecule has 0 aromatic carbocycles. The molecule has 1 aromatic rings. The molecule has 0 bridgehead atoms. The fraction of sp³-hybridized carbons (Fsp3) is 0.583. The van der Waals surface area contributed by atoms with Crippen molar-refractivity contribution < 1.29 is 4.79 Å². The number of amides is 1. The van der Waals surface area contributed by atoms with Crippen molar-refractivity contribution in [3.63, 3.8) is 0 Å². The van der Waals surface area contributed by atoms with Crippen LogP contribution in [-0.4, -0.2) is 33.4 Å². The lowest BCUT2D eigenvalue weighted by Crippen LogP contribution is -2.38. The van der Waals surface area contributed by atoms with Gasteiger partial charge < -0.3 is 4.90 Å². The van der Waals surface area contributed by atoms with Crippen LogP contribution < -0.4 is 0 Å². The number of rotatable bonds is 2. The van der Waals surface area contributed by atoms with Crippen LogP contribution in [0.1, 0.15) is 37.2 Å². The highest BCUT2D eigenvalue weighted by molar-refractivity contribution is 6.29. The summed E-state index contributed by atoms with van der Waals surface area (Å²) in [6.45, 7) is 5.08. The van der Waals surface area contributed by atoms with E-state index in [1.54, 1.807) is 0 Å². The van der Waals surface area contributed by atoms with Crippen molar-refractivity contribution in [2.75, 3.05) is 6.54 Å². The zero-order chi connectivity index (χ0) is 12.4. The Morgan fingerprint density at radius 3 is 2.94 bits per heavy atom. The van der Waals surface area contributed by atoms with Gasteiger partial charge in [0.2, 0.25) is 0 Å². The second-order valence-corrected chi connectivity index (χ2v) is 5.07. The lowest BCUT2D eigenvalue weighted by molar-refractivity contribution is 0.0695. The second-order valence-electron chi connectivity index (χ2n) is 4.68. The average Bonchev–Trinajstić information content (AvgIpc) is 2.77. The Bertz CT molecular complexity index is 422. The number of halogens is 1. The molecule has 1 unspecified atom stereocenters. The number of nitrogens with zero attached hydrogens (tertiary/aromatic N) is 3. The van der Waals surface area contributed by atoms with Crippen molar-refractivity contribution in [1.29, 1.82) is 0 Å². The van der Waals surface area contributed by atoms with Crippen molar-refractivity contribution in [1.82, 2.24) is 14.9 Å². The molecule has 2 rings (SSSR count). The Labute approximate surface area is 106 Å². The van der Waals surface area contributed by atoms with E-state index in [0.29, 0.717) is 17.7 Å². The SMILES string of the molecule is CC(C)C1CCCN1C(=O)c1cncc(Cl)n1. The number of hydrogen-bond acceptors (Lipinski definition) is 3. The normalized spacial score (nSPS) is 20.0. The van der Waals surface area contributed by atoms with E-state index < -0.39 is 0 Å². The van der Waals surface area contributed by atoms with Crippen LogP contribution in [0.15, 0.2) is 12.4 Å². The van der Waals surface area contributed by atoms with Gasteiger partial charge in [0.25, 0.3) is 5.91 Å². The third-order valence-corrected chi connectivity index (χ3v) is 3.34. The average molecular weight is 254 g/mol. The maximum atomic E-state index is 12.3. The fourth-order valence-electron chi connectivity index (χ4n) is 2.33. The quantitative estimate of drug-likeness (QED) is 0.813. The Balaban J connectivity index is 2.20. The van der Waals surface area contributed by atoms with Gasteiger partial charge in [0.05, 0.1) is 12.4 Å². The molecule has 1 aromatic heterocycles. The van der Waals surface area contributed by atoms with Gasteiger partial charge in [0.1, 0.15) is 10.8 Å². The van der Waals surface area contributed by atoms with Crippen LogP contribution in [0.25, 0.3) is 0 Å². The van der Waals surface area contributed by atoms with Gasteiger partial charge >= 0.3 is 0 Å². The van der Waals surface area contributed by atoms with Crippen molar-refractivity contribution in [3.05, 3.63) is 23.2 Å². The summed E-state index contributed by atoms with van der Waals surface area (Å²) in [5.74, 6) is 0.407. The van der Waals surface area contributed by atoms with E-state index in [-0.39, 0.29) is 11.1 Å². The predicted octanol–water partition coefficient (Wildman–Crippen LogP) is 2.39. The first-order chi connectivity index (χ1) is 8.09. The van der Waals surface area contributed by atoms with E-state index in [1.807, 2.05) is 4.90 Å². The number of carbonyl (C=O) groups excluding carboxylic acids is 1. The molecule has 0 N–H and O–H groups in total. The van der Waals surface area contributed by atoms with Gasteiger partial charge in [-0.25, -0.2) is 4.98 Å². The highest BCUT2D eigenvalue weighted by Gasteiger charge is 2.32. The number of aromatic nitrogens is 2. The Morgan fingerprint density at radius 2 is 2.29 bits per heavy atom. The minimum absolute atomic E-state index is 0.0591. The molecule has 1 fully saturated rings. The van der Waals surface area contributed by atoms with E-state index >= 15 is 0 Å². The summed E-state index contributed by atoms with van der Waals surface area (Å²) in [5, 5.41) is 0.260. The molecule has 0 spiro atoms. The van der Waals surface area contributed by atoms with Gasteiger partial charge in [-0.15, -0.1) is 0 Å². The van der Waals surface area contributed by atoms with Gasteiger partial charge in [0.15, 0.2) is 0 Å². The molecular formula is C12H16ClN3O. The number of likely N-dealkylation sites (tertiary alicyclic amines) is 1. The van der Waals surface area contributed by atoms with Gasteiger partial charge in [-0.1, -0.05) is 25.4 Å². The molecule has 1 aliphatic rings. The van der Waals surface area contributed by atoms with Crippen LogP contribution in [-0.2, 0) is 0 Å². The van der Waals surface area contributed by atoms with Crippen LogP contribution in [0.2, 0.25) is 5.15 Å². The van der Waals surface area contributed by atoms with E-state index in [4.69, 9.17) is 11.6 Å². The molecule has 0 aliphatic carbocycles. The third kappa shape index (κ3) is 2.57. The monoisotopic (exact) mass is 253 g/mol. The summed E-state index contributed by atoms with van der Waals surface area (Å²) >= 11 is 5.75. The largest absolute Gasteiger partial charge is 0.334 e. The lowest BCUT2D eigenvalue weighted by Gasteiger charge is -2.27. The Hall–Kier alpha value is -1.16. The topological polar surface area (TPSA) is 46.1 Å². The first kappa shape index (κ1) is 12.3. The second kappa shape index (κ2) is 5.00. The molecule has 1 saturated heterocycles. The van der Waals surface area contributed by atoms with Crippen LogP contribution in [0.3, 0.4) is 0 Å². The van der Waals surface area contributed by atoms with Crippen molar-refractivity contribution >= 4 is 17.5 Å². The van der Waals surface area contributed by atoms with Crippen molar-refractivity contribution in [2.45, 2.75) is 32.7 Å².